The molecule has 0 fully saturated rings. The number of hydrogen-bond acceptors (Lipinski definition) is 4. The van der Waals surface area contributed by atoms with E-state index in [1.165, 1.54) is 7.11 Å². The maximum Gasteiger partial charge on any atom is 0.342 e. The molecule has 0 saturated carbocycles. The van der Waals surface area contributed by atoms with E-state index in [1.807, 2.05) is 32.0 Å². The topological polar surface area (TPSA) is 61.5 Å². The molecule has 0 aliphatic heterocycles. The molecular formula is C17H19NO3. The number of rotatable bonds is 4. The number of hydrogen-bond donors (Lipinski definition) is 1. The van der Waals surface area contributed by atoms with Gasteiger partial charge < -0.3 is 15.2 Å². The molecule has 0 saturated heterocycles. The zero-order chi connectivity index (χ0) is 15.4. The molecule has 0 unspecified atom stereocenters. The molecule has 0 atom stereocenters. The molecule has 2 aromatic rings. The summed E-state index contributed by atoms with van der Waals surface area (Å²) in [5, 5.41) is 0. The second-order valence-corrected chi connectivity index (χ2v) is 4.87. The number of nitrogens with two attached hydrogens (primary N) is 1. The third kappa shape index (κ3) is 3.16. The van der Waals surface area contributed by atoms with Crippen LogP contribution in [0, 0.1) is 13.8 Å². The van der Waals surface area contributed by atoms with Gasteiger partial charge in [0.25, 0.3) is 0 Å². The van der Waals surface area contributed by atoms with Gasteiger partial charge in [0.05, 0.1) is 12.8 Å². The molecule has 0 spiro atoms. The third-order valence-electron chi connectivity index (χ3n) is 3.46. The van der Waals surface area contributed by atoms with Crippen molar-refractivity contribution in [2.45, 2.75) is 20.5 Å². The quantitative estimate of drug-likeness (QED) is 0.692. The van der Waals surface area contributed by atoms with Crippen LogP contribution in [0.1, 0.15) is 27.0 Å². The Morgan fingerprint density at radius 3 is 2.33 bits per heavy atom. The van der Waals surface area contributed by atoms with E-state index >= 15 is 0 Å². The number of aryl methyl sites for hydroxylation is 2. The van der Waals surface area contributed by atoms with Gasteiger partial charge in [-0.25, -0.2) is 4.79 Å². The van der Waals surface area contributed by atoms with Crippen LogP contribution in [0.15, 0.2) is 36.4 Å². The van der Waals surface area contributed by atoms with E-state index < -0.39 is 5.97 Å². The van der Waals surface area contributed by atoms with Crippen LogP contribution in [0.5, 0.6) is 5.75 Å². The van der Waals surface area contributed by atoms with Crippen molar-refractivity contribution < 1.29 is 14.3 Å². The summed E-state index contributed by atoms with van der Waals surface area (Å²) in [5.41, 5.74) is 9.77. The van der Waals surface area contributed by atoms with Crippen LogP contribution < -0.4 is 10.5 Å². The molecule has 0 bridgehead atoms. The van der Waals surface area contributed by atoms with Gasteiger partial charge >= 0.3 is 5.97 Å². The monoisotopic (exact) mass is 285 g/mol. The lowest BCUT2D eigenvalue weighted by Gasteiger charge is -2.13. The fraction of sp³-hybridized carbons (Fsp3) is 0.235. The molecule has 2 N–H and O–H groups in total. The first kappa shape index (κ1) is 14.9. The molecule has 4 heteroatoms. The Balaban J connectivity index is 2.18. The first-order chi connectivity index (χ1) is 10.0. The minimum absolute atomic E-state index is 0.231. The van der Waals surface area contributed by atoms with Crippen molar-refractivity contribution in [3.8, 4) is 5.75 Å². The molecule has 0 heterocycles. The number of ether oxygens (including phenoxy) is 2. The van der Waals surface area contributed by atoms with E-state index in [0.717, 1.165) is 16.7 Å². The molecule has 0 aliphatic rings. The fourth-order valence-electron chi connectivity index (χ4n) is 2.24. The van der Waals surface area contributed by atoms with Crippen molar-refractivity contribution in [3.05, 3.63) is 58.7 Å². The number of benzene rings is 2. The van der Waals surface area contributed by atoms with Crippen LogP contribution in [-0.2, 0) is 11.3 Å². The Kier molecular flexibility index (Phi) is 4.48. The molecule has 0 aliphatic carbocycles. The Hall–Kier alpha value is -2.49. The summed E-state index contributed by atoms with van der Waals surface area (Å²) in [4.78, 5) is 12.2. The van der Waals surface area contributed by atoms with Gasteiger partial charge in [-0.05, 0) is 42.7 Å². The first-order valence-corrected chi connectivity index (χ1v) is 6.69. The molecule has 110 valence electrons. The minimum Gasteiger partial charge on any atom is -0.494 e. The van der Waals surface area contributed by atoms with E-state index in [-0.39, 0.29) is 6.61 Å². The highest BCUT2D eigenvalue weighted by atomic mass is 16.5. The van der Waals surface area contributed by atoms with Gasteiger partial charge in [0.15, 0.2) is 5.75 Å². The number of carbonyl (C=O) groups excluding carboxylic acids is 1. The minimum atomic E-state index is -0.443. The Morgan fingerprint density at radius 2 is 1.71 bits per heavy atom. The van der Waals surface area contributed by atoms with Gasteiger partial charge in [0, 0.05) is 0 Å². The second kappa shape index (κ2) is 6.31. The van der Waals surface area contributed by atoms with Crippen molar-refractivity contribution in [1.82, 2.24) is 0 Å². The maximum absolute atomic E-state index is 12.2. The normalized spacial score (nSPS) is 10.2. The highest BCUT2D eigenvalue weighted by Gasteiger charge is 2.16. The third-order valence-corrected chi connectivity index (χ3v) is 3.46. The van der Waals surface area contributed by atoms with Crippen LogP contribution >= 0.6 is 0 Å². The summed E-state index contributed by atoms with van der Waals surface area (Å²) in [6, 6.07) is 11.0. The average Bonchev–Trinajstić information content (AvgIpc) is 2.46. The zero-order valence-electron chi connectivity index (χ0n) is 12.5. The number of methoxy groups -OCH3 is 1. The van der Waals surface area contributed by atoms with Crippen LogP contribution in [0.25, 0.3) is 0 Å². The highest BCUT2D eigenvalue weighted by molar-refractivity contribution is 5.94. The summed E-state index contributed by atoms with van der Waals surface area (Å²) < 4.78 is 10.6. The molecular weight excluding hydrogens is 266 g/mol. The SMILES string of the molecule is COc1c(N)cccc1C(=O)OCc1c(C)cccc1C. The molecule has 0 aromatic heterocycles. The summed E-state index contributed by atoms with van der Waals surface area (Å²) in [6.45, 7) is 4.23. The smallest absolute Gasteiger partial charge is 0.342 e. The summed E-state index contributed by atoms with van der Waals surface area (Å²) in [5.74, 6) is -0.0918. The van der Waals surface area contributed by atoms with E-state index in [2.05, 4.69) is 0 Å². The van der Waals surface area contributed by atoms with Crippen LogP contribution in [0.4, 0.5) is 5.69 Å². The molecule has 21 heavy (non-hydrogen) atoms. The molecule has 2 aromatic carbocycles. The number of anilines is 1. The standard InChI is InChI=1S/C17H19NO3/c1-11-6-4-7-12(2)14(11)10-21-17(19)13-8-5-9-15(18)16(13)20-3/h4-9H,10,18H2,1-3H3. The van der Waals surface area contributed by atoms with Crippen LogP contribution in [0.2, 0.25) is 0 Å². The second-order valence-electron chi connectivity index (χ2n) is 4.87. The van der Waals surface area contributed by atoms with Gasteiger partial charge in [-0.1, -0.05) is 24.3 Å². The summed E-state index contributed by atoms with van der Waals surface area (Å²) in [7, 11) is 1.48. The maximum atomic E-state index is 12.2. The number of carbonyl (C=O) groups is 1. The van der Waals surface area contributed by atoms with E-state index in [1.54, 1.807) is 18.2 Å². The lowest BCUT2D eigenvalue weighted by molar-refractivity contribution is 0.0468. The molecule has 4 nitrogen and oxygen atoms in total. The predicted molar refractivity (Wildman–Crippen MR) is 82.4 cm³/mol. The van der Waals surface area contributed by atoms with Crippen molar-refractivity contribution in [1.29, 1.82) is 0 Å². The van der Waals surface area contributed by atoms with Gasteiger partial charge in [-0.2, -0.15) is 0 Å². The van der Waals surface area contributed by atoms with Crippen molar-refractivity contribution in [2.24, 2.45) is 0 Å². The predicted octanol–water partition coefficient (Wildman–Crippen LogP) is 3.25. The molecule has 0 radical (unpaired) electrons. The lowest BCUT2D eigenvalue weighted by atomic mass is 10.0. The van der Waals surface area contributed by atoms with E-state index in [4.69, 9.17) is 15.2 Å². The average molecular weight is 285 g/mol. The van der Waals surface area contributed by atoms with Crippen molar-refractivity contribution in [2.75, 3.05) is 12.8 Å². The largest absolute Gasteiger partial charge is 0.494 e. The highest BCUT2D eigenvalue weighted by Crippen LogP contribution is 2.27. The number of esters is 1. The Morgan fingerprint density at radius 1 is 1.10 bits per heavy atom. The van der Waals surface area contributed by atoms with Gasteiger partial charge in [-0.15, -0.1) is 0 Å². The zero-order valence-corrected chi connectivity index (χ0v) is 12.5. The van der Waals surface area contributed by atoms with Gasteiger partial charge in [0.2, 0.25) is 0 Å². The summed E-state index contributed by atoms with van der Waals surface area (Å²) >= 11 is 0. The van der Waals surface area contributed by atoms with Crippen LogP contribution in [0.3, 0.4) is 0 Å². The number of nitrogen functional groups attached to an aromatic ring is 1. The number of para-hydroxylation sites is 1. The first-order valence-electron chi connectivity index (χ1n) is 6.69. The lowest BCUT2D eigenvalue weighted by Crippen LogP contribution is -2.09. The van der Waals surface area contributed by atoms with E-state index in [0.29, 0.717) is 17.0 Å². The van der Waals surface area contributed by atoms with Crippen LogP contribution in [-0.4, -0.2) is 13.1 Å². The van der Waals surface area contributed by atoms with E-state index in [9.17, 15) is 4.79 Å². The Labute approximate surface area is 124 Å². The van der Waals surface area contributed by atoms with Crippen molar-refractivity contribution in [3.63, 3.8) is 0 Å². The molecule has 2 rings (SSSR count). The molecule has 0 amide bonds. The van der Waals surface area contributed by atoms with Gasteiger partial charge in [0.1, 0.15) is 12.2 Å². The van der Waals surface area contributed by atoms with Gasteiger partial charge in [-0.3, -0.25) is 0 Å². The summed E-state index contributed by atoms with van der Waals surface area (Å²) in [6.07, 6.45) is 0. The fourth-order valence-corrected chi connectivity index (χ4v) is 2.24. The Bertz CT molecular complexity index is 645. The van der Waals surface area contributed by atoms with Crippen molar-refractivity contribution >= 4 is 11.7 Å².